The number of aliphatic hydroxyl groups is 1. The van der Waals surface area contributed by atoms with Crippen LogP contribution in [0.5, 0.6) is 0 Å². The molecule has 1 heterocycles. The van der Waals surface area contributed by atoms with E-state index in [-0.39, 0.29) is 18.7 Å². The fourth-order valence-corrected chi connectivity index (χ4v) is 2.22. The molecule has 1 aliphatic carbocycles. The molecule has 1 fully saturated rings. The van der Waals surface area contributed by atoms with Crippen molar-refractivity contribution in [2.75, 3.05) is 0 Å². The third-order valence-corrected chi connectivity index (χ3v) is 3.30. The second-order valence-corrected chi connectivity index (χ2v) is 6.42. The van der Waals surface area contributed by atoms with E-state index in [0.717, 1.165) is 18.6 Å². The Kier molecular flexibility index (Phi) is 4.90. The first kappa shape index (κ1) is 15.9. The summed E-state index contributed by atoms with van der Waals surface area (Å²) >= 11 is 0. The summed E-state index contributed by atoms with van der Waals surface area (Å²) in [5.41, 5.74) is -0.463. The Labute approximate surface area is 124 Å². The molecule has 6 heteroatoms. The van der Waals surface area contributed by atoms with E-state index in [9.17, 15) is 4.79 Å². The van der Waals surface area contributed by atoms with E-state index in [1.807, 2.05) is 26.8 Å². The summed E-state index contributed by atoms with van der Waals surface area (Å²) in [4.78, 5) is 11.6. The van der Waals surface area contributed by atoms with Gasteiger partial charge in [-0.1, -0.05) is 0 Å². The predicted molar refractivity (Wildman–Crippen MR) is 77.7 cm³/mol. The van der Waals surface area contributed by atoms with Crippen molar-refractivity contribution in [2.24, 2.45) is 0 Å². The Hall–Kier alpha value is -1.53. The van der Waals surface area contributed by atoms with Gasteiger partial charge in [-0.25, -0.2) is 4.79 Å². The number of carbonyl (C=O) groups excluding carboxylic acids is 1. The quantitative estimate of drug-likeness (QED) is 0.773. The van der Waals surface area contributed by atoms with Crippen LogP contribution in [0.1, 0.15) is 45.1 Å². The van der Waals surface area contributed by atoms with Gasteiger partial charge in [-0.15, -0.1) is 0 Å². The first-order chi connectivity index (χ1) is 9.85. The van der Waals surface area contributed by atoms with Crippen LogP contribution in [0.15, 0.2) is 16.5 Å². The third kappa shape index (κ3) is 5.06. The molecule has 0 saturated heterocycles. The number of rotatable bonds is 5. The third-order valence-electron chi connectivity index (χ3n) is 3.30. The Morgan fingerprint density at radius 3 is 2.57 bits per heavy atom. The molecule has 0 bridgehead atoms. The Balaban J connectivity index is 1.62. The number of aliphatic hydroxyl groups excluding tert-OH is 1. The first-order valence-electron chi connectivity index (χ1n) is 7.27. The second kappa shape index (κ2) is 6.49. The number of alkyl carbamates (subject to hydrolysis) is 1. The zero-order valence-electron chi connectivity index (χ0n) is 12.8. The summed E-state index contributed by atoms with van der Waals surface area (Å²) in [5, 5.41) is 15.1. The van der Waals surface area contributed by atoms with Crippen LogP contribution in [0.25, 0.3) is 0 Å². The lowest BCUT2D eigenvalue weighted by atomic mass is 9.87. The number of ether oxygens (including phenoxy) is 1. The van der Waals surface area contributed by atoms with E-state index >= 15 is 0 Å². The molecule has 0 aromatic carbocycles. The maximum Gasteiger partial charge on any atom is 0.407 e. The molecule has 1 aromatic heterocycles. The summed E-state index contributed by atoms with van der Waals surface area (Å²) in [5.74, 6) is 1.38. The summed E-state index contributed by atoms with van der Waals surface area (Å²) in [6.45, 7) is 6.10. The molecule has 0 spiro atoms. The van der Waals surface area contributed by atoms with E-state index in [1.54, 1.807) is 6.07 Å². The Morgan fingerprint density at radius 2 is 2.00 bits per heavy atom. The highest BCUT2D eigenvalue weighted by Gasteiger charge is 2.31. The highest BCUT2D eigenvalue weighted by Crippen LogP contribution is 2.21. The monoisotopic (exact) mass is 296 g/mol. The standard InChI is InChI=1S/C15H24N2O4/c1-15(2,3)21-14(19)17-11-6-10(7-11)16-8-12-4-5-13(9-18)20-12/h4-5,10-11,16,18H,6-9H2,1-3H3,(H,17,19). The molecule has 21 heavy (non-hydrogen) atoms. The minimum atomic E-state index is -0.463. The van der Waals surface area contributed by atoms with Gasteiger partial charge in [-0.3, -0.25) is 0 Å². The van der Waals surface area contributed by atoms with Crippen molar-refractivity contribution in [1.82, 2.24) is 10.6 Å². The van der Waals surface area contributed by atoms with Gasteiger partial charge < -0.3 is 24.9 Å². The van der Waals surface area contributed by atoms with Gasteiger partial charge >= 0.3 is 6.09 Å². The molecular formula is C15H24N2O4. The molecule has 1 amide bonds. The maximum absolute atomic E-state index is 11.6. The van der Waals surface area contributed by atoms with E-state index < -0.39 is 5.60 Å². The fraction of sp³-hybridized carbons (Fsp3) is 0.667. The number of furan rings is 1. The van der Waals surface area contributed by atoms with Crippen LogP contribution in [0.4, 0.5) is 4.79 Å². The zero-order chi connectivity index (χ0) is 15.5. The highest BCUT2D eigenvalue weighted by molar-refractivity contribution is 5.68. The summed E-state index contributed by atoms with van der Waals surface area (Å²) < 4.78 is 10.6. The van der Waals surface area contributed by atoms with Gasteiger partial charge in [-0.05, 0) is 45.7 Å². The van der Waals surface area contributed by atoms with Crippen molar-refractivity contribution in [3.8, 4) is 0 Å². The van der Waals surface area contributed by atoms with Gasteiger partial charge in [0.1, 0.15) is 23.7 Å². The molecule has 3 N–H and O–H groups in total. The molecule has 1 saturated carbocycles. The predicted octanol–water partition coefficient (Wildman–Crippen LogP) is 1.92. The Bertz CT molecular complexity index is 472. The molecule has 1 aromatic rings. The van der Waals surface area contributed by atoms with Crippen molar-refractivity contribution >= 4 is 6.09 Å². The number of hydrogen-bond acceptors (Lipinski definition) is 5. The lowest BCUT2D eigenvalue weighted by Gasteiger charge is -2.36. The summed E-state index contributed by atoms with van der Waals surface area (Å²) in [7, 11) is 0. The number of hydrogen-bond donors (Lipinski definition) is 3. The lowest BCUT2D eigenvalue weighted by Crippen LogP contribution is -2.52. The summed E-state index contributed by atoms with van der Waals surface area (Å²) in [6.07, 6.45) is 1.41. The first-order valence-corrected chi connectivity index (χ1v) is 7.27. The van der Waals surface area contributed by atoms with E-state index in [1.165, 1.54) is 0 Å². The molecule has 0 unspecified atom stereocenters. The van der Waals surface area contributed by atoms with Crippen molar-refractivity contribution in [2.45, 2.75) is 64.4 Å². The molecule has 0 aliphatic heterocycles. The van der Waals surface area contributed by atoms with E-state index in [2.05, 4.69) is 10.6 Å². The molecule has 6 nitrogen and oxygen atoms in total. The van der Waals surface area contributed by atoms with Gasteiger partial charge in [0.05, 0.1) is 6.54 Å². The fourth-order valence-electron chi connectivity index (χ4n) is 2.22. The highest BCUT2D eigenvalue weighted by atomic mass is 16.6. The van der Waals surface area contributed by atoms with Crippen LogP contribution in [-0.2, 0) is 17.9 Å². The van der Waals surface area contributed by atoms with Gasteiger partial charge in [0.15, 0.2) is 0 Å². The topological polar surface area (TPSA) is 83.7 Å². The summed E-state index contributed by atoms with van der Waals surface area (Å²) in [6, 6.07) is 4.16. The lowest BCUT2D eigenvalue weighted by molar-refractivity contribution is 0.0464. The number of nitrogens with one attached hydrogen (secondary N) is 2. The largest absolute Gasteiger partial charge is 0.462 e. The molecule has 1 aliphatic rings. The molecular weight excluding hydrogens is 272 g/mol. The molecule has 2 rings (SSSR count). The van der Waals surface area contributed by atoms with Crippen LogP contribution < -0.4 is 10.6 Å². The van der Waals surface area contributed by atoms with Crippen LogP contribution in [-0.4, -0.2) is 28.9 Å². The van der Waals surface area contributed by atoms with Crippen LogP contribution in [0, 0.1) is 0 Å². The molecule has 0 radical (unpaired) electrons. The average molecular weight is 296 g/mol. The minimum Gasteiger partial charge on any atom is -0.462 e. The van der Waals surface area contributed by atoms with E-state index in [0.29, 0.717) is 18.3 Å². The van der Waals surface area contributed by atoms with E-state index in [4.69, 9.17) is 14.3 Å². The SMILES string of the molecule is CC(C)(C)OC(=O)NC1CC(NCc2ccc(CO)o2)C1. The Morgan fingerprint density at radius 1 is 1.33 bits per heavy atom. The minimum absolute atomic E-state index is 0.0781. The number of amides is 1. The van der Waals surface area contributed by atoms with Crippen LogP contribution >= 0.6 is 0 Å². The van der Waals surface area contributed by atoms with Crippen LogP contribution in [0.3, 0.4) is 0 Å². The molecule has 0 atom stereocenters. The zero-order valence-corrected chi connectivity index (χ0v) is 12.8. The second-order valence-electron chi connectivity index (χ2n) is 6.42. The van der Waals surface area contributed by atoms with Crippen molar-refractivity contribution in [3.05, 3.63) is 23.7 Å². The van der Waals surface area contributed by atoms with Gasteiger partial charge in [0.25, 0.3) is 0 Å². The van der Waals surface area contributed by atoms with Crippen LogP contribution in [0.2, 0.25) is 0 Å². The number of carbonyl (C=O) groups is 1. The molecule has 118 valence electrons. The smallest absolute Gasteiger partial charge is 0.407 e. The van der Waals surface area contributed by atoms with Gasteiger partial charge in [0.2, 0.25) is 0 Å². The van der Waals surface area contributed by atoms with Crippen molar-refractivity contribution in [3.63, 3.8) is 0 Å². The van der Waals surface area contributed by atoms with Gasteiger partial charge in [-0.2, -0.15) is 0 Å². The van der Waals surface area contributed by atoms with Gasteiger partial charge in [0, 0.05) is 12.1 Å². The van der Waals surface area contributed by atoms with Crippen molar-refractivity contribution in [1.29, 1.82) is 0 Å². The average Bonchev–Trinajstić information content (AvgIpc) is 2.77. The normalized spacial score (nSPS) is 21.7. The maximum atomic E-state index is 11.6. The van der Waals surface area contributed by atoms with Crippen molar-refractivity contribution < 1.29 is 19.1 Å².